The van der Waals surface area contributed by atoms with E-state index >= 15 is 0 Å². The molecule has 0 bridgehead atoms. The van der Waals surface area contributed by atoms with Gasteiger partial charge in [-0.2, -0.15) is 5.10 Å². The zero-order chi connectivity index (χ0) is 21.1. The summed E-state index contributed by atoms with van der Waals surface area (Å²) >= 11 is 1.09. The number of nitrogens with one attached hydrogen (secondary N) is 2. The van der Waals surface area contributed by atoms with Crippen molar-refractivity contribution in [3.8, 4) is 0 Å². The minimum absolute atomic E-state index is 0.152. The maximum absolute atomic E-state index is 12.7. The zero-order valence-electron chi connectivity index (χ0n) is 15.8. The summed E-state index contributed by atoms with van der Waals surface area (Å²) in [5, 5.41) is 6.70. The second-order valence-corrected chi connectivity index (χ2v) is 9.23. The van der Waals surface area contributed by atoms with Crippen molar-refractivity contribution < 1.29 is 17.6 Å². The van der Waals surface area contributed by atoms with Crippen molar-refractivity contribution in [2.45, 2.75) is 11.1 Å². The predicted molar refractivity (Wildman–Crippen MR) is 117 cm³/mol. The number of anilines is 1. The van der Waals surface area contributed by atoms with Gasteiger partial charge in [0, 0.05) is 5.39 Å². The Labute approximate surface area is 177 Å². The first-order valence-corrected chi connectivity index (χ1v) is 11.3. The van der Waals surface area contributed by atoms with E-state index in [0.717, 1.165) is 22.3 Å². The molecule has 0 aliphatic heterocycles. The van der Waals surface area contributed by atoms with Crippen LogP contribution in [0, 0.1) is 0 Å². The molecule has 152 valence electrons. The summed E-state index contributed by atoms with van der Waals surface area (Å²) in [6, 6.07) is 18.9. The van der Waals surface area contributed by atoms with E-state index in [-0.39, 0.29) is 15.5 Å². The van der Waals surface area contributed by atoms with Gasteiger partial charge in [-0.3, -0.25) is 9.52 Å². The highest BCUT2D eigenvalue weighted by Gasteiger charge is 2.19. The average Bonchev–Trinajstić information content (AvgIpc) is 3.42. The van der Waals surface area contributed by atoms with Crippen LogP contribution in [0.25, 0.3) is 11.0 Å². The molecule has 0 aliphatic carbocycles. The van der Waals surface area contributed by atoms with Gasteiger partial charge in [-0.25, -0.2) is 13.8 Å². The Morgan fingerprint density at radius 3 is 2.57 bits per heavy atom. The molecular formula is C21H17N3O4S2. The van der Waals surface area contributed by atoms with Gasteiger partial charge in [0.2, 0.25) is 0 Å². The van der Waals surface area contributed by atoms with Crippen molar-refractivity contribution >= 4 is 49.6 Å². The van der Waals surface area contributed by atoms with Crippen molar-refractivity contribution in [1.82, 2.24) is 5.43 Å². The maximum Gasteiger partial charge on any atom is 0.273 e. The van der Waals surface area contributed by atoms with Crippen LogP contribution in [-0.4, -0.2) is 20.0 Å². The Hall–Kier alpha value is -3.43. The number of benzene rings is 2. The summed E-state index contributed by atoms with van der Waals surface area (Å²) in [7, 11) is -3.78. The number of carbonyl (C=O) groups is 1. The molecule has 0 fully saturated rings. The minimum Gasteiger partial charge on any atom is -0.455 e. The first-order valence-electron chi connectivity index (χ1n) is 8.93. The number of sulfonamides is 1. The molecule has 30 heavy (non-hydrogen) atoms. The lowest BCUT2D eigenvalue weighted by Gasteiger charge is -2.10. The summed E-state index contributed by atoms with van der Waals surface area (Å²) in [6.45, 7) is 1.71. The normalized spacial score (nSPS) is 12.1. The third-order valence-electron chi connectivity index (χ3n) is 4.28. The van der Waals surface area contributed by atoms with Crippen LogP contribution in [-0.2, 0) is 10.0 Å². The van der Waals surface area contributed by atoms with Gasteiger partial charge in [-0.1, -0.05) is 36.4 Å². The highest BCUT2D eigenvalue weighted by molar-refractivity contribution is 7.94. The smallest absolute Gasteiger partial charge is 0.273 e. The van der Waals surface area contributed by atoms with E-state index in [4.69, 9.17) is 4.42 Å². The summed E-state index contributed by atoms with van der Waals surface area (Å²) in [4.78, 5) is 12.7. The van der Waals surface area contributed by atoms with E-state index in [1.807, 2.05) is 30.3 Å². The van der Waals surface area contributed by atoms with Crippen molar-refractivity contribution in [3.63, 3.8) is 0 Å². The Balaban J connectivity index is 1.54. The fourth-order valence-corrected chi connectivity index (χ4v) is 4.86. The van der Waals surface area contributed by atoms with Crippen LogP contribution in [0.1, 0.15) is 23.0 Å². The lowest BCUT2D eigenvalue weighted by Crippen LogP contribution is -2.22. The van der Waals surface area contributed by atoms with Crippen LogP contribution in [0.3, 0.4) is 0 Å². The molecule has 2 aromatic carbocycles. The molecule has 0 saturated carbocycles. The fourth-order valence-electron chi connectivity index (χ4n) is 2.79. The summed E-state index contributed by atoms with van der Waals surface area (Å²) < 4.78 is 33.4. The van der Waals surface area contributed by atoms with Gasteiger partial charge in [-0.15, -0.1) is 11.3 Å². The zero-order valence-corrected chi connectivity index (χ0v) is 17.5. The molecule has 9 heteroatoms. The Morgan fingerprint density at radius 1 is 1.03 bits per heavy atom. The van der Waals surface area contributed by atoms with E-state index in [9.17, 15) is 13.2 Å². The Bertz CT molecular complexity index is 1310. The van der Waals surface area contributed by atoms with Crippen molar-refractivity contribution in [3.05, 3.63) is 83.4 Å². The topological polar surface area (TPSA) is 101 Å². The van der Waals surface area contributed by atoms with Crippen LogP contribution in [0.5, 0.6) is 0 Å². The number of hydrogen-bond donors (Lipinski definition) is 2. The lowest BCUT2D eigenvalue weighted by atomic mass is 10.2. The molecule has 0 atom stereocenters. The number of amides is 1. The number of carbonyl (C=O) groups excluding carboxylic acids is 1. The number of rotatable bonds is 6. The Kier molecular flexibility index (Phi) is 5.39. The molecule has 2 N–H and O–H groups in total. The second kappa shape index (κ2) is 8.13. The molecule has 0 unspecified atom stereocenters. The molecule has 0 aliphatic rings. The van der Waals surface area contributed by atoms with E-state index < -0.39 is 15.9 Å². The van der Waals surface area contributed by atoms with Gasteiger partial charge in [0.25, 0.3) is 15.9 Å². The van der Waals surface area contributed by atoms with E-state index in [0.29, 0.717) is 11.5 Å². The number of fused-ring (bicyclic) bond motifs is 1. The SMILES string of the molecule is CC(=NNC(=O)c1ccccc1NS(=O)(=O)c1cccs1)c1cc2ccccc2o1. The molecule has 4 aromatic rings. The summed E-state index contributed by atoms with van der Waals surface area (Å²) in [5.74, 6) is -0.0156. The van der Waals surface area contributed by atoms with Crippen molar-refractivity contribution in [1.29, 1.82) is 0 Å². The van der Waals surface area contributed by atoms with E-state index in [1.54, 1.807) is 30.5 Å². The molecular weight excluding hydrogens is 422 g/mol. The van der Waals surface area contributed by atoms with Gasteiger partial charge in [0.05, 0.1) is 11.3 Å². The fraction of sp³-hybridized carbons (Fsp3) is 0.0476. The second-order valence-electron chi connectivity index (χ2n) is 6.37. The summed E-state index contributed by atoms with van der Waals surface area (Å²) in [6.07, 6.45) is 0. The molecule has 0 saturated heterocycles. The number of furan rings is 1. The van der Waals surface area contributed by atoms with Gasteiger partial charge in [-0.05, 0) is 42.6 Å². The van der Waals surface area contributed by atoms with Crippen LogP contribution in [0.15, 0.2) is 85.8 Å². The third kappa shape index (κ3) is 4.12. The molecule has 2 aromatic heterocycles. The largest absolute Gasteiger partial charge is 0.455 e. The van der Waals surface area contributed by atoms with Crippen LogP contribution in [0.4, 0.5) is 5.69 Å². The van der Waals surface area contributed by atoms with Crippen LogP contribution in [0.2, 0.25) is 0 Å². The van der Waals surface area contributed by atoms with Gasteiger partial charge >= 0.3 is 0 Å². The predicted octanol–water partition coefficient (Wildman–Crippen LogP) is 4.45. The molecule has 7 nitrogen and oxygen atoms in total. The Morgan fingerprint density at radius 2 is 1.80 bits per heavy atom. The number of nitrogens with zero attached hydrogens (tertiary/aromatic N) is 1. The monoisotopic (exact) mass is 439 g/mol. The molecule has 0 spiro atoms. The van der Waals surface area contributed by atoms with Crippen LogP contribution < -0.4 is 10.1 Å². The first kappa shape index (κ1) is 19.9. The summed E-state index contributed by atoms with van der Waals surface area (Å²) in [5.41, 5.74) is 3.98. The molecule has 2 heterocycles. The van der Waals surface area contributed by atoms with Gasteiger partial charge < -0.3 is 4.42 Å². The van der Waals surface area contributed by atoms with E-state index in [1.165, 1.54) is 18.2 Å². The molecule has 4 rings (SSSR count). The van der Waals surface area contributed by atoms with E-state index in [2.05, 4.69) is 15.2 Å². The van der Waals surface area contributed by atoms with Gasteiger partial charge in [0.1, 0.15) is 15.5 Å². The van der Waals surface area contributed by atoms with Crippen LogP contribution >= 0.6 is 11.3 Å². The molecule has 0 radical (unpaired) electrons. The highest BCUT2D eigenvalue weighted by Crippen LogP contribution is 2.23. The highest BCUT2D eigenvalue weighted by atomic mass is 32.2. The first-order chi connectivity index (χ1) is 14.4. The van der Waals surface area contributed by atoms with Crippen molar-refractivity contribution in [2.75, 3.05) is 4.72 Å². The third-order valence-corrected chi connectivity index (χ3v) is 7.05. The number of hydrogen-bond acceptors (Lipinski definition) is 6. The number of thiophene rings is 1. The van der Waals surface area contributed by atoms with Gasteiger partial charge in [0.15, 0.2) is 5.76 Å². The lowest BCUT2D eigenvalue weighted by molar-refractivity contribution is 0.0955. The van der Waals surface area contributed by atoms with Crippen molar-refractivity contribution in [2.24, 2.45) is 5.10 Å². The standard InChI is InChI=1S/C21H17N3O4S2/c1-14(19-13-15-7-2-5-10-18(15)28-19)22-23-21(25)16-8-3-4-9-17(16)24-30(26,27)20-11-6-12-29-20/h2-13,24H,1H3,(H,23,25). The quantitative estimate of drug-likeness (QED) is 0.342. The average molecular weight is 440 g/mol. The minimum atomic E-state index is -3.78. The number of hydrazone groups is 1. The maximum atomic E-state index is 12.7. The number of para-hydroxylation sites is 2. The molecule has 1 amide bonds.